The number of ether oxygens (including phenoxy) is 1. The van der Waals surface area contributed by atoms with E-state index in [1.165, 1.54) is 0 Å². The van der Waals surface area contributed by atoms with Crippen molar-refractivity contribution in [1.29, 1.82) is 0 Å². The lowest BCUT2D eigenvalue weighted by atomic mass is 9.91. The summed E-state index contributed by atoms with van der Waals surface area (Å²) in [5, 5.41) is 11.9. The molecule has 26 heavy (non-hydrogen) atoms. The maximum absolute atomic E-state index is 12.2. The molecule has 1 fully saturated rings. The molecule has 1 unspecified atom stereocenters. The average Bonchev–Trinajstić information content (AvgIpc) is 2.64. The van der Waals surface area contributed by atoms with Crippen LogP contribution in [0, 0.1) is 5.92 Å². The van der Waals surface area contributed by atoms with Crippen molar-refractivity contribution in [2.24, 2.45) is 11.7 Å². The molecule has 6 nitrogen and oxygen atoms in total. The highest BCUT2D eigenvalue weighted by molar-refractivity contribution is 5.92. The zero-order chi connectivity index (χ0) is 18.7. The third kappa shape index (κ3) is 3.51. The van der Waals surface area contributed by atoms with Crippen LogP contribution in [0.1, 0.15) is 31.4 Å². The van der Waals surface area contributed by atoms with Crippen LogP contribution < -0.4 is 10.5 Å². The molecule has 0 saturated carbocycles. The number of nitrogens with zero attached hydrogens (tertiary/aromatic N) is 1. The van der Waals surface area contributed by atoms with E-state index in [0.29, 0.717) is 43.9 Å². The number of piperidine rings is 1. The highest BCUT2D eigenvalue weighted by atomic mass is 16.5. The van der Waals surface area contributed by atoms with Crippen molar-refractivity contribution >= 4 is 22.6 Å². The maximum atomic E-state index is 12.2. The van der Waals surface area contributed by atoms with Crippen LogP contribution in [0.2, 0.25) is 0 Å². The van der Waals surface area contributed by atoms with Crippen LogP contribution in [-0.4, -0.2) is 41.6 Å². The molecule has 1 heterocycles. The number of rotatable bonds is 6. The Balaban J connectivity index is 2.04. The Morgan fingerprint density at radius 1 is 1.23 bits per heavy atom. The molecule has 1 amide bonds. The summed E-state index contributed by atoms with van der Waals surface area (Å²) >= 11 is 0. The third-order valence-corrected chi connectivity index (χ3v) is 5.03. The monoisotopic (exact) mass is 356 g/mol. The van der Waals surface area contributed by atoms with Gasteiger partial charge in [-0.15, -0.1) is 0 Å². The Morgan fingerprint density at radius 3 is 2.54 bits per heavy atom. The van der Waals surface area contributed by atoms with Gasteiger partial charge in [-0.05, 0) is 36.6 Å². The van der Waals surface area contributed by atoms with Gasteiger partial charge < -0.3 is 15.6 Å². The summed E-state index contributed by atoms with van der Waals surface area (Å²) in [7, 11) is 0. The van der Waals surface area contributed by atoms with Crippen molar-refractivity contribution in [3.05, 3.63) is 42.0 Å². The van der Waals surface area contributed by atoms with Gasteiger partial charge in [-0.2, -0.15) is 0 Å². The number of fused-ring (bicyclic) bond motifs is 1. The molecule has 3 N–H and O–H groups in total. The van der Waals surface area contributed by atoms with E-state index < -0.39 is 12.0 Å². The Hall–Kier alpha value is -2.60. The maximum Gasteiger partial charge on any atom is 0.325 e. The van der Waals surface area contributed by atoms with E-state index in [2.05, 4.69) is 0 Å². The fraction of sp³-hybridized carbons (Fsp3) is 0.400. The van der Waals surface area contributed by atoms with Crippen LogP contribution in [0.25, 0.3) is 10.8 Å². The predicted molar refractivity (Wildman–Crippen MR) is 99.0 cm³/mol. The molecule has 2 aromatic carbocycles. The number of benzene rings is 2. The van der Waals surface area contributed by atoms with Crippen LogP contribution in [0.4, 0.5) is 0 Å². The molecule has 1 aliphatic heterocycles. The molecule has 1 atom stereocenters. The molecule has 6 heteroatoms. The summed E-state index contributed by atoms with van der Waals surface area (Å²) in [6.07, 6.45) is 1.15. The van der Waals surface area contributed by atoms with Crippen molar-refractivity contribution in [3.63, 3.8) is 0 Å². The van der Waals surface area contributed by atoms with Gasteiger partial charge in [0.1, 0.15) is 11.8 Å². The summed E-state index contributed by atoms with van der Waals surface area (Å²) in [5.74, 6) is -0.813. The number of carbonyl (C=O) groups excluding carboxylic acids is 1. The van der Waals surface area contributed by atoms with E-state index in [-0.39, 0.29) is 11.8 Å². The van der Waals surface area contributed by atoms with E-state index in [4.69, 9.17) is 10.5 Å². The minimum atomic E-state index is -0.917. The number of nitrogens with two attached hydrogens (primary N) is 1. The normalized spacial score (nSPS) is 17.1. The summed E-state index contributed by atoms with van der Waals surface area (Å²) in [4.78, 5) is 25.6. The highest BCUT2D eigenvalue weighted by Gasteiger charge is 2.35. The van der Waals surface area contributed by atoms with Crippen LogP contribution >= 0.6 is 0 Å². The van der Waals surface area contributed by atoms with Crippen LogP contribution in [-0.2, 0) is 9.59 Å². The first-order valence-corrected chi connectivity index (χ1v) is 8.93. The summed E-state index contributed by atoms with van der Waals surface area (Å²) in [6.45, 7) is 3.37. The molecule has 2 aromatic rings. The van der Waals surface area contributed by atoms with Gasteiger partial charge in [-0.3, -0.25) is 14.5 Å². The molecular weight excluding hydrogens is 332 g/mol. The second kappa shape index (κ2) is 7.74. The number of amides is 1. The van der Waals surface area contributed by atoms with Crippen molar-refractivity contribution in [1.82, 2.24) is 4.90 Å². The molecule has 1 saturated heterocycles. The highest BCUT2D eigenvalue weighted by Crippen LogP contribution is 2.38. The zero-order valence-corrected chi connectivity index (χ0v) is 14.9. The van der Waals surface area contributed by atoms with E-state index in [1.807, 2.05) is 48.2 Å². The second-order valence-corrected chi connectivity index (χ2v) is 6.58. The van der Waals surface area contributed by atoms with E-state index >= 15 is 0 Å². The van der Waals surface area contributed by atoms with Gasteiger partial charge in [-0.1, -0.05) is 30.3 Å². The van der Waals surface area contributed by atoms with Gasteiger partial charge in [0.15, 0.2) is 0 Å². The van der Waals surface area contributed by atoms with Crippen LogP contribution in [0.3, 0.4) is 0 Å². The van der Waals surface area contributed by atoms with Gasteiger partial charge in [0.2, 0.25) is 5.91 Å². The largest absolute Gasteiger partial charge is 0.493 e. The van der Waals surface area contributed by atoms with Crippen molar-refractivity contribution in [2.45, 2.75) is 25.8 Å². The first kappa shape index (κ1) is 18.2. The Labute approximate surface area is 152 Å². The number of carbonyl (C=O) groups is 2. The third-order valence-electron chi connectivity index (χ3n) is 5.03. The minimum absolute atomic E-state index is 0.181. The molecule has 0 aliphatic carbocycles. The van der Waals surface area contributed by atoms with Crippen molar-refractivity contribution in [3.8, 4) is 5.75 Å². The van der Waals surface area contributed by atoms with Gasteiger partial charge >= 0.3 is 5.97 Å². The molecule has 0 bridgehead atoms. The molecule has 138 valence electrons. The number of hydrogen-bond acceptors (Lipinski definition) is 4. The molecule has 0 radical (unpaired) electrons. The number of aliphatic carboxylic acids is 1. The summed E-state index contributed by atoms with van der Waals surface area (Å²) in [6, 6.07) is 10.7. The minimum Gasteiger partial charge on any atom is -0.493 e. The standard InChI is InChI=1S/C20H24N2O4/c1-2-26-16-8-7-13-5-3-4-6-15(13)17(16)18(20(24)25)22-11-9-14(10-12-22)19(21)23/h3-8,14,18H,2,9-12H2,1H3,(H2,21,23)(H,24,25). The molecular formula is C20H24N2O4. The van der Waals surface area contributed by atoms with Crippen molar-refractivity contribution in [2.75, 3.05) is 19.7 Å². The van der Waals surface area contributed by atoms with E-state index in [0.717, 1.165) is 10.8 Å². The van der Waals surface area contributed by atoms with Gasteiger partial charge in [-0.25, -0.2) is 0 Å². The Bertz CT molecular complexity index is 813. The predicted octanol–water partition coefficient (Wildman–Crippen LogP) is 2.56. The Morgan fingerprint density at radius 2 is 1.92 bits per heavy atom. The van der Waals surface area contributed by atoms with Gasteiger partial charge in [0.05, 0.1) is 6.61 Å². The van der Waals surface area contributed by atoms with E-state index in [1.54, 1.807) is 0 Å². The second-order valence-electron chi connectivity index (χ2n) is 6.58. The first-order valence-electron chi connectivity index (χ1n) is 8.93. The quantitative estimate of drug-likeness (QED) is 0.830. The number of hydrogen-bond donors (Lipinski definition) is 2. The average molecular weight is 356 g/mol. The smallest absolute Gasteiger partial charge is 0.325 e. The molecule has 0 aromatic heterocycles. The lowest BCUT2D eigenvalue weighted by molar-refractivity contribution is -0.144. The topological polar surface area (TPSA) is 92.9 Å². The van der Waals surface area contributed by atoms with Gasteiger partial charge in [0.25, 0.3) is 0 Å². The SMILES string of the molecule is CCOc1ccc2ccccc2c1C(C(=O)O)N1CCC(C(N)=O)CC1. The first-order chi connectivity index (χ1) is 12.5. The fourth-order valence-electron chi connectivity index (χ4n) is 3.74. The number of carboxylic acid groups (broad SMARTS) is 1. The molecule has 1 aliphatic rings. The molecule has 0 spiro atoms. The van der Waals surface area contributed by atoms with E-state index in [9.17, 15) is 14.7 Å². The lowest BCUT2D eigenvalue weighted by Crippen LogP contribution is -2.43. The number of carboxylic acids is 1. The summed E-state index contributed by atoms with van der Waals surface area (Å²) in [5.41, 5.74) is 6.08. The van der Waals surface area contributed by atoms with Gasteiger partial charge in [0, 0.05) is 24.6 Å². The van der Waals surface area contributed by atoms with Crippen LogP contribution in [0.15, 0.2) is 36.4 Å². The zero-order valence-electron chi connectivity index (χ0n) is 14.9. The summed E-state index contributed by atoms with van der Waals surface area (Å²) < 4.78 is 5.76. The lowest BCUT2D eigenvalue weighted by Gasteiger charge is -2.35. The number of primary amides is 1. The Kier molecular flexibility index (Phi) is 5.42. The number of likely N-dealkylation sites (tertiary alicyclic amines) is 1. The van der Waals surface area contributed by atoms with Crippen LogP contribution in [0.5, 0.6) is 5.75 Å². The van der Waals surface area contributed by atoms with Crippen molar-refractivity contribution < 1.29 is 19.4 Å². The molecule has 3 rings (SSSR count). The fourth-order valence-corrected chi connectivity index (χ4v) is 3.74.